The van der Waals surface area contributed by atoms with Gasteiger partial charge in [0.1, 0.15) is 12.1 Å². The van der Waals surface area contributed by atoms with Crippen molar-refractivity contribution in [3.63, 3.8) is 0 Å². The minimum atomic E-state index is 0.381. The second-order valence-corrected chi connectivity index (χ2v) is 4.34. The summed E-state index contributed by atoms with van der Waals surface area (Å²) in [5.41, 5.74) is 8.31. The van der Waals surface area contributed by atoms with E-state index in [0.717, 1.165) is 5.56 Å². The number of hydrogen-bond donors (Lipinski definition) is 2. The summed E-state index contributed by atoms with van der Waals surface area (Å²) in [7, 11) is 0. The Morgan fingerprint density at radius 3 is 2.70 bits per heavy atom. The molecule has 5 nitrogen and oxygen atoms in total. The normalized spacial score (nSPS) is 10.4. The number of aromatic nitrogens is 3. The Kier molecular flexibility index (Phi) is 3.01. The number of benzene rings is 1. The molecule has 5 heteroatoms. The van der Waals surface area contributed by atoms with Gasteiger partial charge in [-0.3, -0.25) is 9.98 Å². The Balaban J connectivity index is 2.05. The molecule has 1 aromatic carbocycles. The fourth-order valence-corrected chi connectivity index (χ4v) is 1.97. The number of nitrogen functional groups attached to an aromatic ring is 1. The standard InChI is InChI=1S/C15H13N5/c16-13-9-19-14(20-7-6-18-10-20)8-12(13)15(17)11-4-2-1-3-5-11/h1-10,17H,16H2. The molecule has 98 valence electrons. The van der Waals surface area contributed by atoms with Gasteiger partial charge in [-0.1, -0.05) is 30.3 Å². The molecule has 0 saturated carbocycles. The van der Waals surface area contributed by atoms with E-state index in [-0.39, 0.29) is 0 Å². The second-order valence-electron chi connectivity index (χ2n) is 4.34. The van der Waals surface area contributed by atoms with Crippen LogP contribution in [0, 0.1) is 5.41 Å². The molecule has 3 rings (SSSR count). The lowest BCUT2D eigenvalue weighted by molar-refractivity contribution is 0.993. The van der Waals surface area contributed by atoms with Gasteiger partial charge in [-0.15, -0.1) is 0 Å². The SMILES string of the molecule is N=C(c1ccccc1)c1cc(-n2ccnc2)ncc1N. The van der Waals surface area contributed by atoms with Gasteiger partial charge in [0.2, 0.25) is 0 Å². The molecular weight excluding hydrogens is 250 g/mol. The van der Waals surface area contributed by atoms with Gasteiger partial charge in [0.15, 0.2) is 0 Å². The highest BCUT2D eigenvalue weighted by Gasteiger charge is 2.10. The zero-order chi connectivity index (χ0) is 13.9. The van der Waals surface area contributed by atoms with Crippen LogP contribution in [0.3, 0.4) is 0 Å². The molecule has 0 amide bonds. The molecule has 0 aliphatic rings. The Hall–Kier alpha value is -2.95. The lowest BCUT2D eigenvalue weighted by Gasteiger charge is -2.10. The van der Waals surface area contributed by atoms with Crippen molar-refractivity contribution < 1.29 is 0 Å². The highest BCUT2D eigenvalue weighted by molar-refractivity contribution is 6.13. The maximum Gasteiger partial charge on any atom is 0.138 e. The first kappa shape index (κ1) is 12.1. The maximum atomic E-state index is 8.30. The molecule has 3 N–H and O–H groups in total. The average Bonchev–Trinajstić information content (AvgIpc) is 3.02. The zero-order valence-corrected chi connectivity index (χ0v) is 10.7. The minimum Gasteiger partial charge on any atom is -0.397 e. The molecule has 0 aliphatic heterocycles. The lowest BCUT2D eigenvalue weighted by atomic mass is 10.0. The van der Waals surface area contributed by atoms with Gasteiger partial charge in [-0.25, -0.2) is 9.97 Å². The van der Waals surface area contributed by atoms with Gasteiger partial charge >= 0.3 is 0 Å². The molecule has 0 atom stereocenters. The van der Waals surface area contributed by atoms with E-state index >= 15 is 0 Å². The molecule has 0 spiro atoms. The monoisotopic (exact) mass is 263 g/mol. The summed E-state index contributed by atoms with van der Waals surface area (Å²) in [5, 5.41) is 8.30. The third-order valence-corrected chi connectivity index (χ3v) is 3.02. The van der Waals surface area contributed by atoms with Crippen LogP contribution in [0.5, 0.6) is 0 Å². The van der Waals surface area contributed by atoms with Crippen molar-refractivity contribution in [3.8, 4) is 5.82 Å². The number of nitrogens with zero attached hydrogens (tertiary/aromatic N) is 3. The van der Waals surface area contributed by atoms with Gasteiger partial charge in [-0.05, 0) is 6.07 Å². The summed E-state index contributed by atoms with van der Waals surface area (Å²) in [6.07, 6.45) is 6.71. The van der Waals surface area contributed by atoms with Crippen LogP contribution in [-0.4, -0.2) is 20.2 Å². The zero-order valence-electron chi connectivity index (χ0n) is 10.7. The number of nitrogens with two attached hydrogens (primary N) is 1. The van der Waals surface area contributed by atoms with Crippen LogP contribution < -0.4 is 5.73 Å². The topological polar surface area (TPSA) is 80.6 Å². The predicted molar refractivity (Wildman–Crippen MR) is 78.1 cm³/mol. The Labute approximate surface area is 116 Å². The summed E-state index contributed by atoms with van der Waals surface area (Å²) in [4.78, 5) is 8.25. The third-order valence-electron chi connectivity index (χ3n) is 3.02. The Morgan fingerprint density at radius 1 is 1.20 bits per heavy atom. The number of nitrogens with one attached hydrogen (secondary N) is 1. The van der Waals surface area contributed by atoms with Crippen LogP contribution in [0.25, 0.3) is 5.82 Å². The lowest BCUT2D eigenvalue weighted by Crippen LogP contribution is -2.08. The summed E-state index contributed by atoms with van der Waals surface area (Å²) in [5.74, 6) is 0.687. The molecule has 0 saturated heterocycles. The largest absolute Gasteiger partial charge is 0.397 e. The molecular formula is C15H13N5. The highest BCUT2D eigenvalue weighted by Crippen LogP contribution is 2.18. The number of pyridine rings is 1. The third kappa shape index (κ3) is 2.16. The summed E-state index contributed by atoms with van der Waals surface area (Å²) < 4.78 is 1.78. The van der Waals surface area contributed by atoms with Crippen LogP contribution in [0.2, 0.25) is 0 Å². The van der Waals surface area contributed by atoms with E-state index in [1.807, 2.05) is 30.3 Å². The fraction of sp³-hybridized carbons (Fsp3) is 0. The first-order valence-electron chi connectivity index (χ1n) is 6.14. The van der Waals surface area contributed by atoms with E-state index < -0.39 is 0 Å². The summed E-state index contributed by atoms with van der Waals surface area (Å²) in [6.45, 7) is 0. The van der Waals surface area contributed by atoms with Gasteiger partial charge in [0, 0.05) is 23.5 Å². The molecule has 0 bridgehead atoms. The average molecular weight is 263 g/mol. The molecule has 0 aliphatic carbocycles. The van der Waals surface area contributed by atoms with E-state index in [4.69, 9.17) is 11.1 Å². The van der Waals surface area contributed by atoms with Crippen molar-refractivity contribution >= 4 is 11.4 Å². The Bertz CT molecular complexity index is 732. The molecule has 2 heterocycles. The second kappa shape index (κ2) is 4.97. The van der Waals surface area contributed by atoms with Crippen LogP contribution in [0.4, 0.5) is 5.69 Å². The number of hydrogen-bond acceptors (Lipinski definition) is 4. The van der Waals surface area contributed by atoms with E-state index in [9.17, 15) is 0 Å². The predicted octanol–water partition coefficient (Wildman–Crippen LogP) is 2.27. The Morgan fingerprint density at radius 2 is 2.00 bits per heavy atom. The molecule has 0 unspecified atom stereocenters. The quantitative estimate of drug-likeness (QED) is 0.711. The molecule has 0 fully saturated rings. The van der Waals surface area contributed by atoms with Crippen LogP contribution in [0.15, 0.2) is 61.3 Å². The van der Waals surface area contributed by atoms with Gasteiger partial charge in [0.25, 0.3) is 0 Å². The number of imidazole rings is 1. The minimum absolute atomic E-state index is 0.381. The van der Waals surface area contributed by atoms with Crippen molar-refractivity contribution in [1.29, 1.82) is 5.41 Å². The van der Waals surface area contributed by atoms with Crippen molar-refractivity contribution in [3.05, 3.63) is 72.4 Å². The van der Waals surface area contributed by atoms with Gasteiger partial charge in [0.05, 0.1) is 17.6 Å². The smallest absolute Gasteiger partial charge is 0.138 e. The molecule has 0 radical (unpaired) electrons. The van der Waals surface area contributed by atoms with Crippen molar-refractivity contribution in [2.24, 2.45) is 0 Å². The number of rotatable bonds is 3. The van der Waals surface area contributed by atoms with Crippen molar-refractivity contribution in [2.75, 3.05) is 5.73 Å². The van der Waals surface area contributed by atoms with Crippen molar-refractivity contribution in [2.45, 2.75) is 0 Å². The van der Waals surface area contributed by atoms with Crippen LogP contribution in [0.1, 0.15) is 11.1 Å². The van der Waals surface area contributed by atoms with Crippen LogP contribution >= 0.6 is 0 Å². The van der Waals surface area contributed by atoms with Gasteiger partial charge < -0.3 is 5.73 Å². The molecule has 20 heavy (non-hydrogen) atoms. The fourth-order valence-electron chi connectivity index (χ4n) is 1.97. The summed E-state index contributed by atoms with van der Waals surface area (Å²) in [6, 6.07) is 11.3. The maximum absolute atomic E-state index is 8.30. The summed E-state index contributed by atoms with van der Waals surface area (Å²) >= 11 is 0. The first-order chi connectivity index (χ1) is 9.75. The molecule has 3 aromatic rings. The first-order valence-corrected chi connectivity index (χ1v) is 6.14. The van der Waals surface area contributed by atoms with E-state index in [0.29, 0.717) is 22.8 Å². The van der Waals surface area contributed by atoms with Gasteiger partial charge in [-0.2, -0.15) is 0 Å². The molecule has 2 aromatic heterocycles. The van der Waals surface area contributed by atoms with E-state index in [1.165, 1.54) is 0 Å². The van der Waals surface area contributed by atoms with E-state index in [1.54, 1.807) is 35.6 Å². The van der Waals surface area contributed by atoms with Crippen molar-refractivity contribution in [1.82, 2.24) is 14.5 Å². The highest BCUT2D eigenvalue weighted by atomic mass is 15.1. The van der Waals surface area contributed by atoms with Crippen LogP contribution in [-0.2, 0) is 0 Å². The number of anilines is 1. The van der Waals surface area contributed by atoms with E-state index in [2.05, 4.69) is 9.97 Å².